The van der Waals surface area contributed by atoms with Gasteiger partial charge in [-0.3, -0.25) is 0 Å². The molecule has 0 amide bonds. The lowest BCUT2D eigenvalue weighted by molar-refractivity contribution is 0.263. The van der Waals surface area contributed by atoms with Gasteiger partial charge in [-0.25, -0.2) is 4.39 Å². The average Bonchev–Trinajstić information content (AvgIpc) is 2.78. The van der Waals surface area contributed by atoms with Crippen LogP contribution in [0.4, 0.5) is 4.39 Å². The molecule has 0 saturated heterocycles. The van der Waals surface area contributed by atoms with Crippen LogP contribution in [0.15, 0.2) is 60.7 Å². The normalized spacial score (nSPS) is 10.8. The third-order valence-electron chi connectivity index (χ3n) is 5.26. The SMILES string of the molecule is CCCc1ccccc1OCCCCOc1cc(O)c(-c2ccc(F)cc2)cc1CC. The van der Waals surface area contributed by atoms with E-state index >= 15 is 0 Å². The number of halogens is 1. The lowest BCUT2D eigenvalue weighted by atomic mass is 10.00. The largest absolute Gasteiger partial charge is 0.507 e. The Kier molecular flexibility index (Phi) is 8.34. The summed E-state index contributed by atoms with van der Waals surface area (Å²) in [6.07, 6.45) is 4.65. The van der Waals surface area contributed by atoms with Crippen LogP contribution in [0.5, 0.6) is 17.2 Å². The summed E-state index contributed by atoms with van der Waals surface area (Å²) in [5.74, 6) is 1.51. The van der Waals surface area contributed by atoms with E-state index in [1.54, 1.807) is 18.2 Å². The van der Waals surface area contributed by atoms with E-state index in [1.165, 1.54) is 17.7 Å². The van der Waals surface area contributed by atoms with E-state index in [0.29, 0.717) is 24.5 Å². The lowest BCUT2D eigenvalue weighted by Crippen LogP contribution is -2.05. The van der Waals surface area contributed by atoms with Gasteiger partial charge < -0.3 is 14.6 Å². The van der Waals surface area contributed by atoms with Crippen LogP contribution in [0.2, 0.25) is 0 Å². The standard InChI is InChI=1S/C27H31FO3/c1-3-9-22-10-5-6-11-26(22)30-16-7-8-17-31-27-19-25(29)24(18-20(27)4-2)21-12-14-23(28)15-13-21/h5-6,10-15,18-19,29H,3-4,7-9,16-17H2,1-2H3. The molecule has 3 aromatic rings. The Balaban J connectivity index is 1.52. The topological polar surface area (TPSA) is 38.7 Å². The number of hydrogen-bond acceptors (Lipinski definition) is 3. The van der Waals surface area contributed by atoms with Crippen LogP contribution >= 0.6 is 0 Å². The second kappa shape index (κ2) is 11.4. The molecule has 0 saturated carbocycles. The Labute approximate surface area is 184 Å². The molecule has 164 valence electrons. The monoisotopic (exact) mass is 422 g/mol. The zero-order chi connectivity index (χ0) is 22.1. The molecule has 3 nitrogen and oxygen atoms in total. The molecule has 0 aliphatic rings. The highest BCUT2D eigenvalue weighted by atomic mass is 19.1. The van der Waals surface area contributed by atoms with E-state index in [-0.39, 0.29) is 11.6 Å². The highest BCUT2D eigenvalue weighted by Gasteiger charge is 2.11. The predicted molar refractivity (Wildman–Crippen MR) is 124 cm³/mol. The second-order valence-corrected chi connectivity index (χ2v) is 7.60. The molecule has 0 aliphatic carbocycles. The molecule has 0 aliphatic heterocycles. The molecule has 0 heterocycles. The van der Waals surface area contributed by atoms with Crippen molar-refractivity contribution in [2.24, 2.45) is 0 Å². The van der Waals surface area contributed by atoms with Crippen molar-refractivity contribution < 1.29 is 19.0 Å². The molecule has 0 unspecified atom stereocenters. The summed E-state index contributed by atoms with van der Waals surface area (Å²) in [6, 6.07) is 17.9. The molecule has 3 aromatic carbocycles. The van der Waals surface area contributed by atoms with Crippen LogP contribution in [-0.4, -0.2) is 18.3 Å². The van der Waals surface area contributed by atoms with Gasteiger partial charge in [-0.05, 0) is 66.6 Å². The van der Waals surface area contributed by atoms with Crippen LogP contribution in [0.1, 0.15) is 44.2 Å². The van der Waals surface area contributed by atoms with Gasteiger partial charge in [0.2, 0.25) is 0 Å². The van der Waals surface area contributed by atoms with Crippen LogP contribution in [0.3, 0.4) is 0 Å². The number of phenols is 1. The van der Waals surface area contributed by atoms with Gasteiger partial charge in [0.25, 0.3) is 0 Å². The van der Waals surface area contributed by atoms with E-state index in [4.69, 9.17) is 9.47 Å². The van der Waals surface area contributed by atoms with Gasteiger partial charge in [-0.1, -0.05) is 50.6 Å². The maximum atomic E-state index is 13.2. The minimum absolute atomic E-state index is 0.134. The van der Waals surface area contributed by atoms with Gasteiger partial charge in [-0.15, -0.1) is 0 Å². The zero-order valence-corrected chi connectivity index (χ0v) is 18.4. The van der Waals surface area contributed by atoms with Crippen molar-refractivity contribution in [3.63, 3.8) is 0 Å². The van der Waals surface area contributed by atoms with Gasteiger partial charge in [0, 0.05) is 11.6 Å². The maximum absolute atomic E-state index is 13.2. The first kappa shape index (κ1) is 22.7. The van der Waals surface area contributed by atoms with Gasteiger partial charge in [-0.2, -0.15) is 0 Å². The van der Waals surface area contributed by atoms with Gasteiger partial charge in [0.15, 0.2) is 0 Å². The van der Waals surface area contributed by atoms with Crippen LogP contribution in [-0.2, 0) is 12.8 Å². The third kappa shape index (κ3) is 6.24. The van der Waals surface area contributed by atoms with Crippen molar-refractivity contribution >= 4 is 0 Å². The maximum Gasteiger partial charge on any atom is 0.127 e. The molecule has 1 N–H and O–H groups in total. The number of phenolic OH excluding ortho intramolecular Hbond substituents is 1. The van der Waals surface area contributed by atoms with E-state index in [1.807, 2.05) is 24.3 Å². The first-order valence-electron chi connectivity index (χ1n) is 11.1. The molecule has 31 heavy (non-hydrogen) atoms. The minimum atomic E-state index is -0.295. The Hall–Kier alpha value is -3.01. The van der Waals surface area contributed by atoms with Crippen molar-refractivity contribution in [3.8, 4) is 28.4 Å². The molecule has 4 heteroatoms. The van der Waals surface area contributed by atoms with E-state index in [2.05, 4.69) is 19.9 Å². The molecule has 0 fully saturated rings. The summed E-state index contributed by atoms with van der Waals surface area (Å²) < 4.78 is 25.1. The van der Waals surface area contributed by atoms with Gasteiger partial charge >= 0.3 is 0 Å². The molecule has 3 rings (SSSR count). The highest BCUT2D eigenvalue weighted by Crippen LogP contribution is 2.36. The Morgan fingerprint density at radius 1 is 0.806 bits per heavy atom. The summed E-state index contributed by atoms with van der Waals surface area (Å²) in [4.78, 5) is 0. The fourth-order valence-corrected chi connectivity index (χ4v) is 3.57. The fourth-order valence-electron chi connectivity index (χ4n) is 3.57. The van der Waals surface area contributed by atoms with Gasteiger partial charge in [0.05, 0.1) is 13.2 Å². The molecule has 0 bridgehead atoms. The van der Waals surface area contributed by atoms with E-state index < -0.39 is 0 Å². The number of benzene rings is 3. The number of aryl methyl sites for hydroxylation is 2. The fraction of sp³-hybridized carbons (Fsp3) is 0.333. The van der Waals surface area contributed by atoms with Crippen LogP contribution < -0.4 is 9.47 Å². The minimum Gasteiger partial charge on any atom is -0.507 e. The quantitative estimate of drug-likeness (QED) is 0.340. The summed E-state index contributed by atoms with van der Waals surface area (Å²) in [6.45, 7) is 5.43. The Morgan fingerprint density at radius 2 is 1.48 bits per heavy atom. The smallest absolute Gasteiger partial charge is 0.127 e. The lowest BCUT2D eigenvalue weighted by Gasteiger charge is -2.15. The average molecular weight is 423 g/mol. The first-order chi connectivity index (χ1) is 15.1. The number of unbranched alkanes of at least 4 members (excludes halogenated alkanes) is 1. The van der Waals surface area contributed by atoms with Crippen molar-refractivity contribution in [1.82, 2.24) is 0 Å². The highest BCUT2D eigenvalue weighted by molar-refractivity contribution is 5.72. The van der Waals surface area contributed by atoms with Crippen molar-refractivity contribution in [1.29, 1.82) is 0 Å². The summed E-state index contributed by atoms with van der Waals surface area (Å²) in [5, 5.41) is 10.5. The van der Waals surface area contributed by atoms with Crippen LogP contribution in [0.25, 0.3) is 11.1 Å². The molecule has 0 radical (unpaired) electrons. The Morgan fingerprint density at radius 3 is 2.16 bits per heavy atom. The zero-order valence-electron chi connectivity index (χ0n) is 18.4. The predicted octanol–water partition coefficient (Wildman–Crippen LogP) is 6.95. The van der Waals surface area contributed by atoms with Crippen molar-refractivity contribution in [3.05, 3.63) is 77.6 Å². The summed E-state index contributed by atoms with van der Waals surface area (Å²) >= 11 is 0. The summed E-state index contributed by atoms with van der Waals surface area (Å²) in [7, 11) is 0. The van der Waals surface area contributed by atoms with Crippen molar-refractivity contribution in [2.75, 3.05) is 13.2 Å². The molecule has 0 aromatic heterocycles. The molecular formula is C27H31FO3. The number of para-hydroxylation sites is 1. The molecule has 0 spiro atoms. The number of hydrogen-bond donors (Lipinski definition) is 1. The number of aromatic hydroxyl groups is 1. The molecular weight excluding hydrogens is 391 g/mol. The molecule has 0 atom stereocenters. The Bertz CT molecular complexity index is 967. The summed E-state index contributed by atoms with van der Waals surface area (Å²) in [5.41, 5.74) is 3.73. The third-order valence-corrected chi connectivity index (χ3v) is 5.26. The number of rotatable bonds is 11. The van der Waals surface area contributed by atoms with Crippen molar-refractivity contribution in [2.45, 2.75) is 46.0 Å². The van der Waals surface area contributed by atoms with Crippen LogP contribution in [0, 0.1) is 5.82 Å². The van der Waals surface area contributed by atoms with E-state index in [0.717, 1.165) is 49.0 Å². The second-order valence-electron chi connectivity index (χ2n) is 7.60. The number of ether oxygens (including phenoxy) is 2. The van der Waals surface area contributed by atoms with Gasteiger partial charge in [0.1, 0.15) is 23.1 Å². The first-order valence-corrected chi connectivity index (χ1v) is 11.1. The van der Waals surface area contributed by atoms with E-state index in [9.17, 15) is 9.50 Å².